The molecular formula is C26H26ClN3O6S. The van der Waals surface area contributed by atoms with Crippen LogP contribution in [0.15, 0.2) is 60.8 Å². The highest BCUT2D eigenvalue weighted by molar-refractivity contribution is 7.85. The Labute approximate surface area is 220 Å². The lowest BCUT2D eigenvalue weighted by Gasteiger charge is -2.23. The number of hydrogen-bond donors (Lipinski definition) is 1. The molecular weight excluding hydrogens is 518 g/mol. The number of halogens is 1. The molecule has 2 aromatic carbocycles. The lowest BCUT2D eigenvalue weighted by molar-refractivity contribution is 0.0985. The Hall–Kier alpha value is -3.47. The van der Waals surface area contributed by atoms with Gasteiger partial charge in [-0.05, 0) is 67.3 Å². The largest absolute Gasteiger partial charge is 0.490 e. The van der Waals surface area contributed by atoms with Crippen LogP contribution < -0.4 is 15.0 Å². The van der Waals surface area contributed by atoms with Crippen molar-refractivity contribution in [3.63, 3.8) is 0 Å². The van der Waals surface area contributed by atoms with Crippen LogP contribution >= 0.6 is 11.6 Å². The minimum absolute atomic E-state index is 0.0573. The van der Waals surface area contributed by atoms with Crippen molar-refractivity contribution in [3.8, 4) is 5.75 Å². The minimum atomic E-state index is -3.58. The Kier molecular flexibility index (Phi) is 8.42. The Balaban J connectivity index is 1.43. The number of nitrogens with one attached hydrogen (secondary N) is 1. The molecule has 4 rings (SSSR count). The van der Waals surface area contributed by atoms with Gasteiger partial charge in [0.15, 0.2) is 0 Å². The summed E-state index contributed by atoms with van der Waals surface area (Å²) >= 11 is 6.15. The molecule has 0 spiro atoms. The summed E-state index contributed by atoms with van der Waals surface area (Å²) in [7, 11) is -3.58. The molecule has 1 aliphatic rings. The topological polar surface area (TPSA) is 115 Å². The van der Waals surface area contributed by atoms with Crippen molar-refractivity contribution >= 4 is 45.0 Å². The number of benzene rings is 2. The number of fused-ring (bicyclic) bond motifs is 1. The smallest absolute Gasteiger partial charge is 0.264 e. The third kappa shape index (κ3) is 7.06. The van der Waals surface area contributed by atoms with Gasteiger partial charge in [-0.25, -0.2) is 4.98 Å². The second kappa shape index (κ2) is 11.7. The van der Waals surface area contributed by atoms with Crippen molar-refractivity contribution in [1.29, 1.82) is 0 Å². The molecule has 1 aromatic heterocycles. The van der Waals surface area contributed by atoms with Gasteiger partial charge in [0.25, 0.3) is 21.9 Å². The second-order valence-electron chi connectivity index (χ2n) is 8.44. The number of pyridine rings is 1. The predicted octanol–water partition coefficient (Wildman–Crippen LogP) is 4.33. The van der Waals surface area contributed by atoms with Gasteiger partial charge in [-0.3, -0.25) is 13.8 Å². The summed E-state index contributed by atoms with van der Waals surface area (Å²) in [5, 5.41) is 3.34. The van der Waals surface area contributed by atoms with Crippen LogP contribution in [-0.2, 0) is 20.7 Å². The van der Waals surface area contributed by atoms with Gasteiger partial charge in [0.05, 0.1) is 17.4 Å². The van der Waals surface area contributed by atoms with E-state index >= 15 is 0 Å². The van der Waals surface area contributed by atoms with Crippen molar-refractivity contribution < 1.29 is 26.9 Å². The van der Waals surface area contributed by atoms with Gasteiger partial charge in [-0.15, -0.1) is 0 Å². The zero-order chi connectivity index (χ0) is 26.4. The summed E-state index contributed by atoms with van der Waals surface area (Å²) in [6.45, 7) is 0.358. The lowest BCUT2D eigenvalue weighted by atomic mass is 10.1. The van der Waals surface area contributed by atoms with E-state index in [1.54, 1.807) is 47.4 Å². The van der Waals surface area contributed by atoms with Gasteiger partial charge < -0.3 is 15.0 Å². The number of aryl methyl sites for hydroxylation is 1. The third-order valence-electron chi connectivity index (χ3n) is 5.68. The molecule has 0 radical (unpaired) electrons. The first kappa shape index (κ1) is 26.6. The molecule has 0 saturated carbocycles. The van der Waals surface area contributed by atoms with E-state index in [0.29, 0.717) is 17.1 Å². The summed E-state index contributed by atoms with van der Waals surface area (Å²) in [6.07, 6.45) is 5.09. The Bertz CT molecular complexity index is 1400. The number of carbonyl (C=O) groups excluding carboxylic acids is 2. The molecule has 3 aromatic rings. The standard InChI is InChI=1S/C26H26ClN3O6S/c1-37(33,34)36-15-14-35-23-8-3-2-7-21(23)25(31)29-24-12-9-19(17-28-24)26(32)30-13-5-4-6-18-16-20(27)10-11-22(18)30/h2-3,7-12,16-17H,4-6,13-15H2,1H3,(H,28,29,31). The summed E-state index contributed by atoms with van der Waals surface area (Å²) in [5.41, 5.74) is 2.53. The highest BCUT2D eigenvalue weighted by Crippen LogP contribution is 2.30. The summed E-state index contributed by atoms with van der Waals surface area (Å²) in [5.74, 6) is -0.112. The lowest BCUT2D eigenvalue weighted by Crippen LogP contribution is -2.31. The molecule has 2 amide bonds. The van der Waals surface area contributed by atoms with Crippen LogP contribution in [0.1, 0.15) is 39.1 Å². The number of hydrogen-bond acceptors (Lipinski definition) is 7. The number of nitrogens with zero attached hydrogens (tertiary/aromatic N) is 2. The van der Waals surface area contributed by atoms with E-state index in [2.05, 4.69) is 14.5 Å². The monoisotopic (exact) mass is 543 g/mol. The molecule has 1 N–H and O–H groups in total. The van der Waals surface area contributed by atoms with Crippen molar-refractivity contribution in [3.05, 3.63) is 82.5 Å². The summed E-state index contributed by atoms with van der Waals surface area (Å²) in [6, 6.07) is 15.3. The van der Waals surface area contributed by atoms with E-state index in [4.69, 9.17) is 16.3 Å². The van der Waals surface area contributed by atoms with Crippen molar-refractivity contribution in [2.24, 2.45) is 0 Å². The predicted molar refractivity (Wildman–Crippen MR) is 141 cm³/mol. The van der Waals surface area contributed by atoms with Crippen LogP contribution in [0.2, 0.25) is 5.02 Å². The van der Waals surface area contributed by atoms with Gasteiger partial charge >= 0.3 is 0 Å². The van der Waals surface area contributed by atoms with Crippen molar-refractivity contribution in [1.82, 2.24) is 4.98 Å². The normalized spacial score (nSPS) is 13.4. The molecule has 11 heteroatoms. The average Bonchev–Trinajstić information content (AvgIpc) is 3.08. The second-order valence-corrected chi connectivity index (χ2v) is 10.5. The maximum absolute atomic E-state index is 13.3. The van der Waals surface area contributed by atoms with Gasteiger partial charge in [-0.1, -0.05) is 23.7 Å². The van der Waals surface area contributed by atoms with Crippen LogP contribution in [0.3, 0.4) is 0 Å². The Morgan fingerprint density at radius 2 is 1.89 bits per heavy atom. The molecule has 1 aliphatic heterocycles. The molecule has 0 atom stereocenters. The molecule has 0 fully saturated rings. The number of rotatable bonds is 8. The van der Waals surface area contributed by atoms with Gasteiger partial charge in [-0.2, -0.15) is 8.42 Å². The fourth-order valence-electron chi connectivity index (χ4n) is 3.99. The first-order valence-corrected chi connectivity index (χ1v) is 13.8. The molecule has 0 bridgehead atoms. The number of carbonyl (C=O) groups is 2. The van der Waals surface area contributed by atoms with Gasteiger partial charge in [0, 0.05) is 23.5 Å². The van der Waals surface area contributed by atoms with Crippen LogP contribution in [0.5, 0.6) is 5.75 Å². The molecule has 9 nitrogen and oxygen atoms in total. The van der Waals surface area contributed by atoms with Crippen LogP contribution in [-0.4, -0.2) is 51.2 Å². The fraction of sp³-hybridized carbons (Fsp3) is 0.269. The van der Waals surface area contributed by atoms with E-state index < -0.39 is 16.0 Å². The first-order chi connectivity index (χ1) is 17.7. The summed E-state index contributed by atoms with van der Waals surface area (Å²) < 4.78 is 32.3. The van der Waals surface area contributed by atoms with E-state index in [-0.39, 0.29) is 36.3 Å². The van der Waals surface area contributed by atoms with Crippen LogP contribution in [0.4, 0.5) is 11.5 Å². The molecule has 2 heterocycles. The summed E-state index contributed by atoms with van der Waals surface area (Å²) in [4.78, 5) is 32.1. The molecule has 37 heavy (non-hydrogen) atoms. The van der Waals surface area contributed by atoms with Crippen LogP contribution in [0.25, 0.3) is 0 Å². The number of anilines is 2. The maximum Gasteiger partial charge on any atom is 0.264 e. The zero-order valence-corrected chi connectivity index (χ0v) is 21.7. The molecule has 194 valence electrons. The number of ether oxygens (including phenoxy) is 1. The minimum Gasteiger partial charge on any atom is -0.490 e. The van der Waals surface area contributed by atoms with Crippen molar-refractivity contribution in [2.45, 2.75) is 19.3 Å². The zero-order valence-electron chi connectivity index (χ0n) is 20.1. The van der Waals surface area contributed by atoms with Crippen LogP contribution in [0, 0.1) is 0 Å². The maximum atomic E-state index is 13.3. The van der Waals surface area contributed by atoms with E-state index in [1.807, 2.05) is 12.1 Å². The van der Waals surface area contributed by atoms with E-state index in [0.717, 1.165) is 36.8 Å². The van der Waals surface area contributed by atoms with Gasteiger partial charge in [0.2, 0.25) is 0 Å². The number of amides is 2. The van der Waals surface area contributed by atoms with E-state index in [1.165, 1.54) is 6.20 Å². The molecule has 0 aliphatic carbocycles. The Morgan fingerprint density at radius 1 is 1.08 bits per heavy atom. The number of aromatic nitrogens is 1. The first-order valence-electron chi connectivity index (χ1n) is 11.7. The van der Waals surface area contributed by atoms with Gasteiger partial charge in [0.1, 0.15) is 24.8 Å². The average molecular weight is 544 g/mol. The molecule has 0 saturated heterocycles. The number of para-hydroxylation sites is 1. The Morgan fingerprint density at radius 3 is 2.65 bits per heavy atom. The fourth-order valence-corrected chi connectivity index (χ4v) is 4.55. The highest BCUT2D eigenvalue weighted by atomic mass is 35.5. The highest BCUT2D eigenvalue weighted by Gasteiger charge is 2.23. The quantitative estimate of drug-likeness (QED) is 0.332. The SMILES string of the molecule is CS(=O)(=O)OCCOc1ccccc1C(=O)Nc1ccc(C(=O)N2CCCCc3cc(Cl)ccc32)cn1. The molecule has 0 unspecified atom stereocenters. The third-order valence-corrected chi connectivity index (χ3v) is 6.51. The van der Waals surface area contributed by atoms with E-state index in [9.17, 15) is 18.0 Å². The van der Waals surface area contributed by atoms with Crippen molar-refractivity contribution in [2.75, 3.05) is 36.2 Å².